The number of rotatable bonds is 6. The second-order valence-electron chi connectivity index (χ2n) is 7.55. The van der Waals surface area contributed by atoms with Gasteiger partial charge in [-0.05, 0) is 35.7 Å². The summed E-state index contributed by atoms with van der Waals surface area (Å²) in [6, 6.07) is 10.3. The molecule has 0 saturated heterocycles. The first-order valence-corrected chi connectivity index (χ1v) is 10.9. The number of hydrogen-bond donors (Lipinski definition) is 2. The standard InChI is InChI=1S/C22H24ClNO5S/c1-12(2)11-24-16-8-7-13(23)9-15(16)21(30-18(22(24)28)10-19(26)27)14-5-4-6-17(25)20(14)29-3/h4-9,12,18,21,25H,10-11H2,1-3H3,(H,26,27). The van der Waals surface area contributed by atoms with Gasteiger partial charge in [-0.25, -0.2) is 0 Å². The number of aromatic hydroxyl groups is 1. The number of halogens is 1. The van der Waals surface area contributed by atoms with Crippen LogP contribution in [0.15, 0.2) is 36.4 Å². The number of nitrogens with zero attached hydrogens (tertiary/aromatic N) is 1. The zero-order chi connectivity index (χ0) is 22.0. The highest BCUT2D eigenvalue weighted by molar-refractivity contribution is 8.01. The molecule has 8 heteroatoms. The number of carbonyl (C=O) groups excluding carboxylic acids is 1. The number of carbonyl (C=O) groups is 2. The van der Waals surface area contributed by atoms with Crippen molar-refractivity contribution in [1.29, 1.82) is 0 Å². The zero-order valence-corrected chi connectivity index (χ0v) is 18.5. The number of thioether (sulfide) groups is 1. The van der Waals surface area contributed by atoms with Crippen LogP contribution in [0.3, 0.4) is 0 Å². The number of para-hydroxylation sites is 1. The van der Waals surface area contributed by atoms with Crippen LogP contribution >= 0.6 is 23.4 Å². The number of aliphatic carboxylic acids is 1. The number of phenolic OH excluding ortho intramolecular Hbond substituents is 1. The Morgan fingerprint density at radius 1 is 1.27 bits per heavy atom. The average molecular weight is 450 g/mol. The number of fused-ring (bicyclic) bond motifs is 1. The van der Waals surface area contributed by atoms with Crippen LogP contribution in [0.5, 0.6) is 11.5 Å². The van der Waals surface area contributed by atoms with Crippen molar-refractivity contribution in [2.45, 2.75) is 30.8 Å². The van der Waals surface area contributed by atoms with Gasteiger partial charge in [-0.3, -0.25) is 9.59 Å². The number of ether oxygens (including phenoxy) is 1. The predicted molar refractivity (Wildman–Crippen MR) is 119 cm³/mol. The Labute approximate surface area is 184 Å². The van der Waals surface area contributed by atoms with E-state index in [4.69, 9.17) is 16.3 Å². The van der Waals surface area contributed by atoms with Crippen molar-refractivity contribution in [2.24, 2.45) is 5.92 Å². The summed E-state index contributed by atoms with van der Waals surface area (Å²) in [6.45, 7) is 4.46. The van der Waals surface area contributed by atoms with E-state index in [1.807, 2.05) is 13.8 Å². The topological polar surface area (TPSA) is 87.1 Å². The second-order valence-corrected chi connectivity index (χ2v) is 9.30. The Hall–Kier alpha value is -2.38. The minimum Gasteiger partial charge on any atom is -0.504 e. The van der Waals surface area contributed by atoms with Gasteiger partial charge >= 0.3 is 5.97 Å². The summed E-state index contributed by atoms with van der Waals surface area (Å²) in [5.74, 6) is -0.847. The van der Waals surface area contributed by atoms with Crippen molar-refractivity contribution in [1.82, 2.24) is 0 Å². The summed E-state index contributed by atoms with van der Waals surface area (Å²) in [5.41, 5.74) is 2.12. The van der Waals surface area contributed by atoms with E-state index >= 15 is 0 Å². The van der Waals surface area contributed by atoms with E-state index in [0.717, 1.165) is 5.56 Å². The third-order valence-electron chi connectivity index (χ3n) is 4.82. The molecule has 2 atom stereocenters. The lowest BCUT2D eigenvalue weighted by atomic mass is 10.00. The Morgan fingerprint density at radius 2 is 2.00 bits per heavy atom. The lowest BCUT2D eigenvalue weighted by Gasteiger charge is -2.27. The van der Waals surface area contributed by atoms with Crippen LogP contribution in [0.4, 0.5) is 5.69 Å². The highest BCUT2D eigenvalue weighted by Crippen LogP contribution is 2.51. The Morgan fingerprint density at radius 3 is 2.63 bits per heavy atom. The lowest BCUT2D eigenvalue weighted by Crippen LogP contribution is -2.40. The molecule has 0 aromatic heterocycles. The van der Waals surface area contributed by atoms with Crippen molar-refractivity contribution < 1.29 is 24.5 Å². The minimum atomic E-state index is -1.05. The van der Waals surface area contributed by atoms with Gasteiger partial charge in [-0.2, -0.15) is 0 Å². The van der Waals surface area contributed by atoms with E-state index in [9.17, 15) is 19.8 Å². The number of carboxylic acids is 1. The largest absolute Gasteiger partial charge is 0.504 e. The molecule has 6 nitrogen and oxygen atoms in total. The third-order valence-corrected chi connectivity index (χ3v) is 6.54. The number of methoxy groups -OCH3 is 1. The van der Waals surface area contributed by atoms with E-state index in [1.165, 1.54) is 24.9 Å². The molecule has 30 heavy (non-hydrogen) atoms. The summed E-state index contributed by atoms with van der Waals surface area (Å²) in [5, 5.41) is 19.0. The van der Waals surface area contributed by atoms with Gasteiger partial charge in [-0.1, -0.05) is 37.6 Å². The quantitative estimate of drug-likeness (QED) is 0.663. The van der Waals surface area contributed by atoms with Gasteiger partial charge in [0, 0.05) is 22.8 Å². The molecule has 0 saturated carbocycles. The van der Waals surface area contributed by atoms with Crippen LogP contribution in [-0.4, -0.2) is 41.0 Å². The molecule has 0 fully saturated rings. The molecule has 1 heterocycles. The number of amides is 1. The Balaban J connectivity index is 2.25. The summed E-state index contributed by atoms with van der Waals surface area (Å²) >= 11 is 7.55. The van der Waals surface area contributed by atoms with Crippen LogP contribution in [0.25, 0.3) is 0 Å². The molecular weight excluding hydrogens is 426 g/mol. The van der Waals surface area contributed by atoms with Gasteiger partial charge in [0.15, 0.2) is 11.5 Å². The SMILES string of the molecule is COc1c(O)cccc1C1SC(CC(=O)O)C(=O)N(CC(C)C)c2ccc(Cl)cc21. The first kappa shape index (κ1) is 22.3. The first-order chi connectivity index (χ1) is 14.2. The molecule has 1 aliphatic heterocycles. The molecule has 1 aliphatic rings. The van der Waals surface area contributed by atoms with E-state index in [1.54, 1.807) is 35.2 Å². The fourth-order valence-electron chi connectivity index (χ4n) is 3.63. The number of hydrogen-bond acceptors (Lipinski definition) is 5. The molecule has 2 unspecified atom stereocenters. The maximum Gasteiger partial charge on any atom is 0.305 e. The van der Waals surface area contributed by atoms with Crippen molar-refractivity contribution in [3.05, 3.63) is 52.5 Å². The van der Waals surface area contributed by atoms with Gasteiger partial charge in [0.2, 0.25) is 5.91 Å². The highest BCUT2D eigenvalue weighted by Gasteiger charge is 2.38. The summed E-state index contributed by atoms with van der Waals surface area (Å²) in [6.07, 6.45) is -0.308. The third kappa shape index (κ3) is 4.52. The van der Waals surface area contributed by atoms with E-state index in [-0.39, 0.29) is 24.0 Å². The molecule has 160 valence electrons. The van der Waals surface area contributed by atoms with E-state index < -0.39 is 16.5 Å². The van der Waals surface area contributed by atoms with Crippen molar-refractivity contribution in [3.63, 3.8) is 0 Å². The molecule has 0 spiro atoms. The molecular formula is C22H24ClNO5S. The van der Waals surface area contributed by atoms with Gasteiger partial charge in [0.05, 0.1) is 24.0 Å². The summed E-state index contributed by atoms with van der Waals surface area (Å²) < 4.78 is 5.44. The van der Waals surface area contributed by atoms with E-state index in [0.29, 0.717) is 28.6 Å². The normalized spacial score (nSPS) is 18.8. The summed E-state index contributed by atoms with van der Waals surface area (Å²) in [7, 11) is 1.46. The molecule has 2 aromatic carbocycles. The lowest BCUT2D eigenvalue weighted by molar-refractivity contribution is -0.138. The molecule has 3 rings (SSSR count). The molecule has 2 aromatic rings. The molecule has 2 N–H and O–H groups in total. The predicted octanol–water partition coefficient (Wildman–Crippen LogP) is 4.72. The number of anilines is 1. The summed E-state index contributed by atoms with van der Waals surface area (Å²) in [4.78, 5) is 26.6. The van der Waals surface area contributed by atoms with Gasteiger partial charge in [0.1, 0.15) is 0 Å². The molecule has 0 bridgehead atoms. The van der Waals surface area contributed by atoms with Crippen LogP contribution < -0.4 is 9.64 Å². The minimum absolute atomic E-state index is 0.0245. The average Bonchev–Trinajstić information content (AvgIpc) is 2.77. The molecule has 0 aliphatic carbocycles. The zero-order valence-electron chi connectivity index (χ0n) is 17.0. The van der Waals surface area contributed by atoms with Gasteiger partial charge in [0.25, 0.3) is 0 Å². The fourth-order valence-corrected chi connectivity index (χ4v) is 5.29. The van der Waals surface area contributed by atoms with Crippen molar-refractivity contribution in [3.8, 4) is 11.5 Å². The smallest absolute Gasteiger partial charge is 0.305 e. The highest BCUT2D eigenvalue weighted by atomic mass is 35.5. The Bertz CT molecular complexity index is 965. The van der Waals surface area contributed by atoms with E-state index in [2.05, 4.69) is 0 Å². The van der Waals surface area contributed by atoms with Crippen LogP contribution in [0, 0.1) is 5.92 Å². The van der Waals surface area contributed by atoms with Gasteiger partial charge in [-0.15, -0.1) is 11.8 Å². The maximum absolute atomic E-state index is 13.4. The number of phenols is 1. The van der Waals surface area contributed by atoms with Crippen molar-refractivity contribution >= 4 is 40.9 Å². The number of carboxylic acid groups (broad SMARTS) is 1. The van der Waals surface area contributed by atoms with Crippen molar-refractivity contribution in [2.75, 3.05) is 18.6 Å². The second kappa shape index (κ2) is 9.18. The van der Waals surface area contributed by atoms with Crippen LogP contribution in [0.2, 0.25) is 5.02 Å². The molecule has 0 radical (unpaired) electrons. The van der Waals surface area contributed by atoms with Crippen LogP contribution in [-0.2, 0) is 9.59 Å². The molecule has 1 amide bonds. The first-order valence-electron chi connectivity index (χ1n) is 9.56. The van der Waals surface area contributed by atoms with Gasteiger partial charge < -0.3 is 19.8 Å². The maximum atomic E-state index is 13.4. The number of benzene rings is 2. The fraction of sp³-hybridized carbons (Fsp3) is 0.364. The Kier molecular flexibility index (Phi) is 6.83. The van der Waals surface area contributed by atoms with Crippen LogP contribution in [0.1, 0.15) is 36.6 Å². The monoisotopic (exact) mass is 449 g/mol.